The van der Waals surface area contributed by atoms with E-state index in [0.717, 1.165) is 12.8 Å². The molecule has 0 saturated carbocycles. The maximum atomic E-state index is 10.3. The molecule has 0 aromatic rings. The predicted molar refractivity (Wildman–Crippen MR) is 107 cm³/mol. The Morgan fingerprint density at radius 1 is 0.800 bits per heavy atom. The average Bonchev–Trinajstić information content (AvgIpc) is 2.58. The molecular formula is C19H39NO4S. The maximum absolute atomic E-state index is 10.3. The maximum Gasteiger partial charge on any atom is 0.321 e. The normalized spacial score (nSPS) is 11.5. The van der Waals surface area contributed by atoms with Crippen molar-refractivity contribution in [1.29, 1.82) is 0 Å². The molecule has 0 unspecified atom stereocenters. The zero-order valence-electron chi connectivity index (χ0n) is 15.9. The van der Waals surface area contributed by atoms with E-state index < -0.39 is 18.0 Å². The minimum absolute atomic E-state index is 0.190. The van der Waals surface area contributed by atoms with E-state index in [0.29, 0.717) is 6.42 Å². The van der Waals surface area contributed by atoms with Crippen LogP contribution in [0.2, 0.25) is 0 Å². The van der Waals surface area contributed by atoms with Gasteiger partial charge in [0.1, 0.15) is 6.04 Å². The number of carbonyl (C=O) groups is 2. The van der Waals surface area contributed by atoms with Crippen LogP contribution in [0.4, 0.5) is 0 Å². The summed E-state index contributed by atoms with van der Waals surface area (Å²) in [5.74, 6) is -1.47. The fraction of sp³-hybridized carbons (Fsp3) is 0.895. The second kappa shape index (κ2) is 21.3. The van der Waals surface area contributed by atoms with Crippen molar-refractivity contribution in [3.63, 3.8) is 0 Å². The number of carboxylic acid groups (broad SMARTS) is 2. The summed E-state index contributed by atoms with van der Waals surface area (Å²) in [6.45, 7) is 2.26. The molecule has 0 saturated heterocycles. The lowest BCUT2D eigenvalue weighted by Gasteiger charge is -2.02. The Morgan fingerprint density at radius 2 is 1.16 bits per heavy atom. The van der Waals surface area contributed by atoms with Gasteiger partial charge in [-0.2, -0.15) is 12.6 Å². The van der Waals surface area contributed by atoms with Crippen molar-refractivity contribution in [2.24, 2.45) is 5.73 Å². The molecule has 0 aliphatic heterocycles. The Morgan fingerprint density at radius 3 is 1.40 bits per heavy atom. The molecule has 0 amide bonds. The molecule has 6 heteroatoms. The Labute approximate surface area is 159 Å². The van der Waals surface area contributed by atoms with Crippen LogP contribution in [0.5, 0.6) is 0 Å². The fourth-order valence-electron chi connectivity index (χ4n) is 2.37. The van der Waals surface area contributed by atoms with Gasteiger partial charge in [0.2, 0.25) is 0 Å². The lowest BCUT2D eigenvalue weighted by Crippen LogP contribution is -2.31. The highest BCUT2D eigenvalue weighted by Gasteiger charge is 2.06. The molecule has 0 radical (unpaired) electrons. The van der Waals surface area contributed by atoms with Crippen LogP contribution >= 0.6 is 12.6 Å². The number of carboxylic acids is 2. The van der Waals surface area contributed by atoms with Crippen molar-refractivity contribution in [3.05, 3.63) is 0 Å². The monoisotopic (exact) mass is 377 g/mol. The quantitative estimate of drug-likeness (QED) is 0.227. The zero-order valence-corrected chi connectivity index (χ0v) is 16.8. The van der Waals surface area contributed by atoms with Crippen LogP contribution in [-0.2, 0) is 9.59 Å². The molecule has 0 aromatic carbocycles. The molecule has 0 aromatic heterocycles. The lowest BCUT2D eigenvalue weighted by molar-refractivity contribution is -0.138. The third kappa shape index (κ3) is 25.6. The second-order valence-corrected chi connectivity index (χ2v) is 6.88. The Balaban J connectivity index is 0. The molecule has 0 rings (SSSR count). The molecule has 0 bridgehead atoms. The molecule has 25 heavy (non-hydrogen) atoms. The molecule has 1 atom stereocenters. The summed E-state index contributed by atoms with van der Waals surface area (Å²) in [7, 11) is 0. The molecule has 4 N–H and O–H groups in total. The number of nitrogens with two attached hydrogens (primary N) is 1. The van der Waals surface area contributed by atoms with Gasteiger partial charge in [-0.05, 0) is 6.42 Å². The topological polar surface area (TPSA) is 101 Å². The molecule has 0 aliphatic carbocycles. The van der Waals surface area contributed by atoms with E-state index in [1.54, 1.807) is 0 Å². The molecule has 5 nitrogen and oxygen atoms in total. The third-order valence-electron chi connectivity index (χ3n) is 4.01. The number of rotatable bonds is 16. The van der Waals surface area contributed by atoms with Crippen LogP contribution in [0, 0.1) is 0 Å². The van der Waals surface area contributed by atoms with E-state index in [9.17, 15) is 9.59 Å². The number of unbranched alkanes of at least 4 members (excludes halogenated alkanes) is 12. The van der Waals surface area contributed by atoms with Crippen molar-refractivity contribution >= 4 is 24.6 Å². The SMILES string of the molecule is CCCCCCCCCCCCCCCC(=O)O.N[C@@H](CS)C(=O)O. The Bertz CT molecular complexity index is 314. The fourth-order valence-corrected chi connectivity index (χ4v) is 2.53. The summed E-state index contributed by atoms with van der Waals surface area (Å²) in [6.07, 6.45) is 17.3. The van der Waals surface area contributed by atoms with Gasteiger partial charge >= 0.3 is 11.9 Å². The standard InChI is InChI=1S/C16H32O2.C3H7NO2S/c1-2-3-4-5-6-7-8-9-10-11-12-13-14-15-16(17)18;4-2(1-7)3(5)6/h2-15H2,1H3,(H,17,18);2,7H,1,4H2,(H,5,6)/t;2-/m.0/s1. The average molecular weight is 378 g/mol. The molecular weight excluding hydrogens is 338 g/mol. The minimum atomic E-state index is -1.00. The second-order valence-electron chi connectivity index (χ2n) is 6.51. The van der Waals surface area contributed by atoms with Gasteiger partial charge in [0, 0.05) is 12.2 Å². The summed E-state index contributed by atoms with van der Waals surface area (Å²) < 4.78 is 0. The first-order valence-corrected chi connectivity index (χ1v) is 10.4. The molecule has 0 heterocycles. The highest BCUT2D eigenvalue weighted by Crippen LogP contribution is 2.12. The first-order chi connectivity index (χ1) is 12.0. The van der Waals surface area contributed by atoms with Crippen LogP contribution in [0.1, 0.15) is 96.8 Å². The van der Waals surface area contributed by atoms with Gasteiger partial charge in [0.15, 0.2) is 0 Å². The molecule has 0 spiro atoms. The van der Waals surface area contributed by atoms with E-state index in [2.05, 4.69) is 19.6 Å². The summed E-state index contributed by atoms with van der Waals surface area (Å²) in [5, 5.41) is 16.5. The van der Waals surface area contributed by atoms with Gasteiger partial charge in [-0.15, -0.1) is 0 Å². The van der Waals surface area contributed by atoms with Crippen molar-refractivity contribution in [2.75, 3.05) is 5.75 Å². The van der Waals surface area contributed by atoms with Crippen molar-refractivity contribution < 1.29 is 19.8 Å². The summed E-state index contributed by atoms with van der Waals surface area (Å²) in [5.41, 5.74) is 4.94. The van der Waals surface area contributed by atoms with E-state index in [4.69, 9.17) is 15.9 Å². The zero-order chi connectivity index (χ0) is 19.3. The Kier molecular flexibility index (Phi) is 22.6. The summed E-state index contributed by atoms with van der Waals surface area (Å²) in [4.78, 5) is 20.1. The van der Waals surface area contributed by atoms with Crippen LogP contribution in [0.25, 0.3) is 0 Å². The lowest BCUT2D eigenvalue weighted by atomic mass is 10.0. The van der Waals surface area contributed by atoms with Crippen molar-refractivity contribution in [2.45, 2.75) is 103 Å². The highest BCUT2D eigenvalue weighted by atomic mass is 32.1. The third-order valence-corrected chi connectivity index (χ3v) is 4.40. The smallest absolute Gasteiger partial charge is 0.321 e. The first kappa shape index (κ1) is 26.5. The van der Waals surface area contributed by atoms with Gasteiger partial charge < -0.3 is 15.9 Å². The van der Waals surface area contributed by atoms with Gasteiger partial charge in [0.25, 0.3) is 0 Å². The van der Waals surface area contributed by atoms with Crippen molar-refractivity contribution in [1.82, 2.24) is 0 Å². The Hall–Kier alpha value is -0.750. The van der Waals surface area contributed by atoms with Crippen LogP contribution in [0.15, 0.2) is 0 Å². The van der Waals surface area contributed by atoms with Gasteiger partial charge in [-0.1, -0.05) is 84.0 Å². The van der Waals surface area contributed by atoms with E-state index in [-0.39, 0.29) is 5.75 Å². The van der Waals surface area contributed by atoms with E-state index in [1.165, 1.54) is 70.6 Å². The number of thiol groups is 1. The largest absolute Gasteiger partial charge is 0.481 e. The highest BCUT2D eigenvalue weighted by molar-refractivity contribution is 7.80. The molecule has 150 valence electrons. The number of hydrogen-bond donors (Lipinski definition) is 4. The van der Waals surface area contributed by atoms with Crippen LogP contribution in [-0.4, -0.2) is 33.9 Å². The minimum Gasteiger partial charge on any atom is -0.481 e. The summed E-state index contributed by atoms with van der Waals surface area (Å²) in [6, 6.07) is -0.816. The van der Waals surface area contributed by atoms with Gasteiger partial charge in [-0.3, -0.25) is 9.59 Å². The van der Waals surface area contributed by atoms with Crippen LogP contribution in [0.3, 0.4) is 0 Å². The van der Waals surface area contributed by atoms with Crippen LogP contribution < -0.4 is 5.73 Å². The predicted octanol–water partition coefficient (Wildman–Crippen LogP) is 4.88. The number of hydrogen-bond acceptors (Lipinski definition) is 4. The molecule has 0 aliphatic rings. The summed E-state index contributed by atoms with van der Waals surface area (Å²) >= 11 is 3.65. The molecule has 0 fully saturated rings. The van der Waals surface area contributed by atoms with Gasteiger partial charge in [-0.25, -0.2) is 0 Å². The van der Waals surface area contributed by atoms with Gasteiger partial charge in [0.05, 0.1) is 0 Å². The van der Waals surface area contributed by atoms with E-state index in [1.807, 2.05) is 0 Å². The number of aliphatic carboxylic acids is 2. The first-order valence-electron chi connectivity index (χ1n) is 9.76. The van der Waals surface area contributed by atoms with E-state index >= 15 is 0 Å². The van der Waals surface area contributed by atoms with Crippen molar-refractivity contribution in [3.8, 4) is 0 Å².